The average molecular weight is 482 g/mol. The third kappa shape index (κ3) is 4.57. The summed E-state index contributed by atoms with van der Waals surface area (Å²) < 4.78 is 18.6. The van der Waals surface area contributed by atoms with Crippen molar-refractivity contribution in [3.8, 4) is 0 Å². The molecule has 4 fully saturated rings. The van der Waals surface area contributed by atoms with Crippen LogP contribution in [0.15, 0.2) is 24.5 Å². The molecule has 11 heteroatoms. The van der Waals surface area contributed by atoms with Crippen LogP contribution < -0.4 is 10.6 Å². The number of H-pyrrole nitrogens is 1. The minimum Gasteiger partial charge on any atom is -0.444 e. The topological polar surface area (TPSA) is 128 Å². The first-order valence-electron chi connectivity index (χ1n) is 12.3. The van der Waals surface area contributed by atoms with Crippen molar-refractivity contribution in [3.05, 3.63) is 35.9 Å². The number of fused-ring (bicyclic) bond motifs is 4. The normalized spacial score (nSPS) is 27.9. The van der Waals surface area contributed by atoms with Gasteiger partial charge in [0.15, 0.2) is 11.6 Å². The van der Waals surface area contributed by atoms with Crippen molar-refractivity contribution in [2.45, 2.75) is 69.3 Å². The molecule has 3 aliphatic carbocycles. The molecule has 186 valence electrons. The van der Waals surface area contributed by atoms with Crippen molar-refractivity contribution < 1.29 is 19.0 Å². The van der Waals surface area contributed by atoms with Gasteiger partial charge in [0, 0.05) is 37.5 Å². The molecular formula is C24H31N7O4. The maximum absolute atomic E-state index is 12.6. The third-order valence-corrected chi connectivity index (χ3v) is 7.62. The maximum Gasteiger partial charge on any atom is 0.407 e. The first-order valence-corrected chi connectivity index (χ1v) is 12.3. The Morgan fingerprint density at radius 3 is 2.91 bits per heavy atom. The number of aromatic nitrogens is 5. The van der Waals surface area contributed by atoms with Crippen molar-refractivity contribution in [1.29, 1.82) is 0 Å². The van der Waals surface area contributed by atoms with Crippen LogP contribution in [0, 0.1) is 5.92 Å². The lowest BCUT2D eigenvalue weighted by molar-refractivity contribution is 0.0505. The number of carbonyl (C=O) groups excluding carboxylic acids is 1. The molecule has 4 aliphatic rings. The highest BCUT2D eigenvalue weighted by atomic mass is 16.6. The lowest BCUT2D eigenvalue weighted by Gasteiger charge is -2.46. The molecule has 0 spiro atoms. The number of hydrogen-bond donors (Lipinski definition) is 3. The zero-order chi connectivity index (χ0) is 23.8. The summed E-state index contributed by atoms with van der Waals surface area (Å²) in [5, 5.41) is 18.3. The number of anilines is 2. The summed E-state index contributed by atoms with van der Waals surface area (Å²) in [5.41, 5.74) is 2.40. The van der Waals surface area contributed by atoms with Gasteiger partial charge in [-0.15, -0.1) is 0 Å². The van der Waals surface area contributed by atoms with E-state index in [1.54, 1.807) is 24.0 Å². The smallest absolute Gasteiger partial charge is 0.407 e. The predicted octanol–water partition coefficient (Wildman–Crippen LogP) is 3.62. The summed E-state index contributed by atoms with van der Waals surface area (Å²) in [6, 6.07) is 3.82. The van der Waals surface area contributed by atoms with Gasteiger partial charge in [-0.1, -0.05) is 0 Å². The second-order valence-electron chi connectivity index (χ2n) is 9.98. The number of aromatic amines is 1. The molecular weight excluding hydrogens is 450 g/mol. The number of rotatable bonds is 7. The van der Waals surface area contributed by atoms with Gasteiger partial charge in [0.05, 0.1) is 24.6 Å². The molecule has 0 aromatic carbocycles. The average Bonchev–Trinajstić information content (AvgIpc) is 3.60. The number of nitrogens with one attached hydrogen (secondary N) is 3. The number of hydrogen-bond acceptors (Lipinski definition) is 8. The molecule has 0 radical (unpaired) electrons. The molecule has 3 N–H and O–H groups in total. The van der Waals surface area contributed by atoms with E-state index in [4.69, 9.17) is 14.2 Å². The predicted molar refractivity (Wildman–Crippen MR) is 126 cm³/mol. The van der Waals surface area contributed by atoms with Gasteiger partial charge < -0.3 is 24.8 Å². The van der Waals surface area contributed by atoms with Crippen LogP contribution in [-0.4, -0.2) is 56.2 Å². The summed E-state index contributed by atoms with van der Waals surface area (Å²) in [5.74, 6) is 2.11. The second-order valence-corrected chi connectivity index (χ2v) is 9.98. The van der Waals surface area contributed by atoms with Crippen LogP contribution in [0.5, 0.6) is 0 Å². The maximum atomic E-state index is 12.6. The van der Waals surface area contributed by atoms with Gasteiger partial charge in [-0.25, -0.2) is 14.3 Å². The quantitative estimate of drug-likeness (QED) is 0.467. The fourth-order valence-electron chi connectivity index (χ4n) is 5.71. The van der Waals surface area contributed by atoms with Gasteiger partial charge >= 0.3 is 6.09 Å². The Morgan fingerprint density at radius 1 is 1.29 bits per heavy atom. The van der Waals surface area contributed by atoms with Gasteiger partial charge in [-0.2, -0.15) is 10.2 Å². The van der Waals surface area contributed by atoms with E-state index in [9.17, 15) is 4.79 Å². The fourth-order valence-corrected chi connectivity index (χ4v) is 5.71. The van der Waals surface area contributed by atoms with Crippen LogP contribution in [0.3, 0.4) is 0 Å². The number of amides is 1. The zero-order valence-corrected chi connectivity index (χ0v) is 19.8. The van der Waals surface area contributed by atoms with E-state index in [0.717, 1.165) is 42.1 Å². The van der Waals surface area contributed by atoms with E-state index in [1.807, 2.05) is 12.1 Å². The number of alkyl carbamates (subject to hydrolysis) is 1. The Morgan fingerprint density at radius 2 is 2.11 bits per heavy atom. The largest absolute Gasteiger partial charge is 0.444 e. The summed E-state index contributed by atoms with van der Waals surface area (Å²) >= 11 is 0. The van der Waals surface area contributed by atoms with Crippen molar-refractivity contribution in [3.63, 3.8) is 0 Å². The summed E-state index contributed by atoms with van der Waals surface area (Å²) in [7, 11) is 1.64. The van der Waals surface area contributed by atoms with Crippen LogP contribution in [-0.2, 0) is 20.8 Å². The fraction of sp³-hybridized carbons (Fsp3) is 0.583. The lowest BCUT2D eigenvalue weighted by atomic mass is 9.66. The van der Waals surface area contributed by atoms with Crippen molar-refractivity contribution >= 4 is 23.2 Å². The molecule has 3 aromatic heterocycles. The molecule has 0 unspecified atom stereocenters. The molecule has 3 aromatic rings. The van der Waals surface area contributed by atoms with Crippen LogP contribution in [0.1, 0.15) is 62.4 Å². The standard InChI is InChI=1S/C24H31N7O4/c1-33-13-16-10-19-22(25-8-9-31(19)30-16)26-21-12-18(28-29-21)20-11-17(14-34-20)35-23(32)27-24-5-2-15(3-6-24)4-7-24/h8-10,12,15,17,20H,2-7,11,13-14H2,1H3,(H,27,32)(H2,25,26,28,29)/t15?,17-,20-,24?/m1/s1. The molecule has 4 heterocycles. The van der Waals surface area contributed by atoms with Crippen molar-refractivity contribution in [1.82, 2.24) is 30.1 Å². The molecule has 2 atom stereocenters. The zero-order valence-electron chi connectivity index (χ0n) is 19.8. The van der Waals surface area contributed by atoms with Crippen molar-refractivity contribution in [2.75, 3.05) is 19.0 Å². The highest BCUT2D eigenvalue weighted by molar-refractivity contribution is 5.72. The Balaban J connectivity index is 1.06. The lowest BCUT2D eigenvalue weighted by Crippen LogP contribution is -2.54. The van der Waals surface area contributed by atoms with Gasteiger partial charge in [0.25, 0.3) is 0 Å². The summed E-state index contributed by atoms with van der Waals surface area (Å²) in [4.78, 5) is 17.0. The monoisotopic (exact) mass is 481 g/mol. The van der Waals surface area contributed by atoms with Crippen LogP contribution in [0.2, 0.25) is 0 Å². The van der Waals surface area contributed by atoms with Gasteiger partial charge in [-0.05, 0) is 50.5 Å². The number of methoxy groups -OCH3 is 1. The SMILES string of the molecule is COCc1cc2c(Nc3cc([C@H]4C[C@@H](OC(=O)NC56CCC(CC5)CC6)CO4)[nH]n3)nccn2n1. The van der Waals surface area contributed by atoms with Gasteiger partial charge in [0.2, 0.25) is 0 Å². The summed E-state index contributed by atoms with van der Waals surface area (Å²) in [6.45, 7) is 0.795. The minimum absolute atomic E-state index is 0.0641. The van der Waals surface area contributed by atoms with Gasteiger partial charge in [0.1, 0.15) is 17.7 Å². The highest BCUT2D eigenvalue weighted by Gasteiger charge is 2.42. The summed E-state index contributed by atoms with van der Waals surface area (Å²) in [6.07, 6.45) is 10.1. The molecule has 3 saturated carbocycles. The Hall–Kier alpha value is -3.18. The van der Waals surface area contributed by atoms with Gasteiger partial charge in [-0.3, -0.25) is 5.10 Å². The second kappa shape index (κ2) is 9.12. The Labute approximate surface area is 202 Å². The van der Waals surface area contributed by atoms with E-state index in [2.05, 4.69) is 30.9 Å². The Bertz CT molecular complexity index is 1190. The molecule has 1 aliphatic heterocycles. The highest BCUT2D eigenvalue weighted by Crippen LogP contribution is 2.44. The van der Waals surface area contributed by atoms with Crippen LogP contribution in [0.4, 0.5) is 16.4 Å². The molecule has 1 amide bonds. The molecule has 7 rings (SSSR count). The minimum atomic E-state index is -0.320. The van der Waals surface area contributed by atoms with Crippen molar-refractivity contribution in [2.24, 2.45) is 5.92 Å². The first kappa shape index (κ1) is 22.3. The van der Waals surface area contributed by atoms with Crippen LogP contribution >= 0.6 is 0 Å². The molecule has 1 saturated heterocycles. The first-order chi connectivity index (χ1) is 17.1. The molecule has 11 nitrogen and oxygen atoms in total. The van der Waals surface area contributed by atoms with Crippen LogP contribution in [0.25, 0.3) is 5.52 Å². The van der Waals surface area contributed by atoms with E-state index >= 15 is 0 Å². The number of nitrogens with zero attached hydrogens (tertiary/aromatic N) is 4. The number of ether oxygens (including phenoxy) is 3. The van der Waals surface area contributed by atoms with E-state index in [1.165, 1.54) is 19.3 Å². The molecule has 35 heavy (non-hydrogen) atoms. The van der Waals surface area contributed by atoms with E-state index in [-0.39, 0.29) is 23.8 Å². The third-order valence-electron chi connectivity index (χ3n) is 7.62. The molecule has 2 bridgehead atoms. The van der Waals surface area contributed by atoms with E-state index in [0.29, 0.717) is 31.3 Å². The Kier molecular flexibility index (Phi) is 5.81. The number of carbonyl (C=O) groups is 1. The van der Waals surface area contributed by atoms with E-state index < -0.39 is 0 Å².